The number of hydrogen-bond acceptors (Lipinski definition) is 3. The van der Waals surface area contributed by atoms with Crippen LogP contribution in [-0.2, 0) is 0 Å². The maximum absolute atomic E-state index is 4.41. The van der Waals surface area contributed by atoms with Crippen LogP contribution in [0.15, 0.2) is 65.9 Å². The summed E-state index contributed by atoms with van der Waals surface area (Å²) in [6.45, 7) is 6.17. The first-order valence-electron chi connectivity index (χ1n) is 10.8. The molecule has 1 N–H and O–H groups in total. The molecule has 1 aliphatic carbocycles. The zero-order valence-electron chi connectivity index (χ0n) is 17.1. The number of benzene rings is 2. The van der Waals surface area contributed by atoms with Crippen molar-refractivity contribution in [2.45, 2.75) is 25.7 Å². The third kappa shape index (κ3) is 3.67. The van der Waals surface area contributed by atoms with Crippen molar-refractivity contribution in [3.8, 4) is 0 Å². The second kappa shape index (κ2) is 8.00. The predicted octanol–water partition coefficient (Wildman–Crippen LogP) is 4.92. The van der Waals surface area contributed by atoms with Crippen molar-refractivity contribution >= 4 is 17.4 Å². The third-order valence-electron chi connectivity index (χ3n) is 6.54. The molecule has 0 amide bonds. The third-order valence-corrected chi connectivity index (χ3v) is 6.54. The van der Waals surface area contributed by atoms with Gasteiger partial charge in [-0.15, -0.1) is 0 Å². The number of hydrogen-bond donors (Lipinski definition) is 1. The van der Waals surface area contributed by atoms with Gasteiger partial charge >= 0.3 is 0 Å². The van der Waals surface area contributed by atoms with Crippen molar-refractivity contribution in [3.05, 3.63) is 83.2 Å². The van der Waals surface area contributed by atoms with Crippen LogP contribution in [0.5, 0.6) is 0 Å². The topological polar surface area (TPSA) is 27.6 Å². The van der Waals surface area contributed by atoms with E-state index < -0.39 is 0 Å². The maximum Gasteiger partial charge on any atom is 0.0558 e. The van der Waals surface area contributed by atoms with E-state index in [0.29, 0.717) is 11.8 Å². The molecule has 0 radical (unpaired) electrons. The second-order valence-corrected chi connectivity index (χ2v) is 8.52. The Morgan fingerprint density at radius 1 is 1.00 bits per heavy atom. The molecule has 0 aromatic heterocycles. The normalized spacial score (nSPS) is 21.7. The van der Waals surface area contributed by atoms with Crippen molar-refractivity contribution < 1.29 is 0 Å². The van der Waals surface area contributed by atoms with E-state index in [-0.39, 0.29) is 0 Å². The zero-order valence-corrected chi connectivity index (χ0v) is 17.1. The van der Waals surface area contributed by atoms with Crippen molar-refractivity contribution in [1.82, 2.24) is 10.2 Å². The molecule has 2 aliphatic heterocycles. The predicted molar refractivity (Wildman–Crippen MR) is 122 cm³/mol. The van der Waals surface area contributed by atoms with Crippen LogP contribution in [0.1, 0.15) is 47.9 Å². The monoisotopic (exact) mass is 383 g/mol. The second-order valence-electron chi connectivity index (χ2n) is 8.52. The van der Waals surface area contributed by atoms with E-state index in [4.69, 9.17) is 0 Å². The van der Waals surface area contributed by atoms with Crippen LogP contribution >= 0.6 is 0 Å². The van der Waals surface area contributed by atoms with Gasteiger partial charge in [0.25, 0.3) is 0 Å². The first-order valence-corrected chi connectivity index (χ1v) is 10.8. The summed E-state index contributed by atoms with van der Waals surface area (Å²) in [7, 11) is 0. The van der Waals surface area contributed by atoms with E-state index in [2.05, 4.69) is 82.9 Å². The lowest BCUT2D eigenvalue weighted by Crippen LogP contribution is -2.31. The van der Waals surface area contributed by atoms with Gasteiger partial charge in [-0.05, 0) is 72.7 Å². The van der Waals surface area contributed by atoms with E-state index in [0.717, 1.165) is 26.2 Å². The van der Waals surface area contributed by atoms with Crippen molar-refractivity contribution in [2.24, 2.45) is 10.9 Å². The molecule has 1 saturated heterocycles. The summed E-state index contributed by atoms with van der Waals surface area (Å²) < 4.78 is 0. The molecule has 3 heteroatoms. The summed E-state index contributed by atoms with van der Waals surface area (Å²) in [5, 5.41) is 3.55. The number of nitrogens with zero attached hydrogens (tertiary/aromatic N) is 2. The number of aliphatic imine (C=N–C) groups is 1. The molecule has 1 unspecified atom stereocenters. The van der Waals surface area contributed by atoms with Crippen LogP contribution in [0.25, 0.3) is 11.6 Å². The molecule has 5 rings (SSSR count). The molecule has 29 heavy (non-hydrogen) atoms. The van der Waals surface area contributed by atoms with E-state index in [1.54, 1.807) is 0 Å². The Morgan fingerprint density at radius 2 is 1.76 bits per heavy atom. The summed E-state index contributed by atoms with van der Waals surface area (Å²) in [6, 6.07) is 18.2. The quantitative estimate of drug-likeness (QED) is 0.815. The fourth-order valence-electron chi connectivity index (χ4n) is 5.21. The van der Waals surface area contributed by atoms with Gasteiger partial charge in [0, 0.05) is 30.6 Å². The minimum absolute atomic E-state index is 0.471. The summed E-state index contributed by atoms with van der Waals surface area (Å²) in [5.74, 6) is 1.16. The molecule has 2 aromatic carbocycles. The smallest absolute Gasteiger partial charge is 0.0558 e. The number of rotatable bonds is 3. The van der Waals surface area contributed by atoms with Crippen LogP contribution in [0.3, 0.4) is 0 Å². The fourth-order valence-corrected chi connectivity index (χ4v) is 5.21. The van der Waals surface area contributed by atoms with Gasteiger partial charge in [-0.3, -0.25) is 4.99 Å². The van der Waals surface area contributed by atoms with Gasteiger partial charge in [0.1, 0.15) is 0 Å². The fraction of sp³-hybridized carbons (Fsp3) is 0.346. The minimum atomic E-state index is 0.471. The van der Waals surface area contributed by atoms with Gasteiger partial charge < -0.3 is 10.2 Å². The van der Waals surface area contributed by atoms with Crippen LogP contribution in [0.2, 0.25) is 0 Å². The highest BCUT2D eigenvalue weighted by atomic mass is 15.1. The zero-order chi connectivity index (χ0) is 19.6. The van der Waals surface area contributed by atoms with Crippen LogP contribution < -0.4 is 5.32 Å². The average Bonchev–Trinajstić information content (AvgIpc) is 2.89. The highest BCUT2D eigenvalue weighted by molar-refractivity contribution is 5.89. The molecular formula is C26H29N3. The molecule has 0 bridgehead atoms. The van der Waals surface area contributed by atoms with Gasteiger partial charge in [0.15, 0.2) is 0 Å². The molecular weight excluding hydrogens is 354 g/mol. The largest absolute Gasteiger partial charge is 0.366 e. The Hall–Kier alpha value is -2.65. The van der Waals surface area contributed by atoms with Gasteiger partial charge in [0.05, 0.1) is 6.54 Å². The highest BCUT2D eigenvalue weighted by Crippen LogP contribution is 2.44. The molecule has 148 valence electrons. The lowest BCUT2D eigenvalue weighted by molar-refractivity contribution is 0.342. The summed E-state index contributed by atoms with van der Waals surface area (Å²) in [4.78, 5) is 6.79. The minimum Gasteiger partial charge on any atom is -0.366 e. The van der Waals surface area contributed by atoms with Crippen molar-refractivity contribution in [3.63, 3.8) is 0 Å². The number of nitrogens with one attached hydrogen (secondary N) is 1. The first-order chi connectivity index (χ1) is 14.3. The van der Waals surface area contributed by atoms with Gasteiger partial charge in [-0.25, -0.2) is 0 Å². The van der Waals surface area contributed by atoms with Gasteiger partial charge in [-0.1, -0.05) is 48.5 Å². The van der Waals surface area contributed by atoms with Crippen LogP contribution in [-0.4, -0.2) is 36.8 Å². The van der Waals surface area contributed by atoms with Gasteiger partial charge in [-0.2, -0.15) is 0 Å². The summed E-state index contributed by atoms with van der Waals surface area (Å²) in [6.07, 6.45) is 8.97. The van der Waals surface area contributed by atoms with Crippen molar-refractivity contribution in [2.75, 3.05) is 26.2 Å². The standard InChI is InChI=1S/C26H29N3/c1-19-17-29(15-14-28-19)18-22-16-21-6-2-3-8-24(21)26(20-10-12-27-13-11-20)25-9-5-4-7-23(22)25/h2-9,14-16,20,26-27H,10-13,17-18H2,1H3. The lowest BCUT2D eigenvalue weighted by atomic mass is 9.74. The van der Waals surface area contributed by atoms with Crippen molar-refractivity contribution in [1.29, 1.82) is 0 Å². The van der Waals surface area contributed by atoms with Gasteiger partial charge in [0.2, 0.25) is 0 Å². The molecule has 2 aromatic rings. The Kier molecular flexibility index (Phi) is 5.07. The average molecular weight is 384 g/mol. The van der Waals surface area contributed by atoms with E-state index in [1.807, 2.05) is 6.20 Å². The molecule has 3 nitrogen and oxygen atoms in total. The molecule has 3 aliphatic rings. The molecule has 2 heterocycles. The van der Waals surface area contributed by atoms with Crippen LogP contribution in [0.4, 0.5) is 0 Å². The Balaban J connectivity index is 1.60. The molecule has 0 spiro atoms. The van der Waals surface area contributed by atoms with E-state index in [9.17, 15) is 0 Å². The number of piperidine rings is 1. The lowest BCUT2D eigenvalue weighted by Gasteiger charge is -2.33. The molecule has 1 fully saturated rings. The molecule has 1 atom stereocenters. The Labute approximate surface area is 173 Å². The Morgan fingerprint density at radius 3 is 2.59 bits per heavy atom. The summed E-state index contributed by atoms with van der Waals surface area (Å²) in [5.41, 5.74) is 8.37. The van der Waals surface area contributed by atoms with E-state index in [1.165, 1.54) is 46.4 Å². The first kappa shape index (κ1) is 18.4. The summed E-state index contributed by atoms with van der Waals surface area (Å²) >= 11 is 0. The maximum atomic E-state index is 4.41. The Bertz CT molecular complexity index is 979. The molecule has 0 saturated carbocycles. The number of fused-ring (bicyclic) bond motifs is 2. The van der Waals surface area contributed by atoms with Crippen LogP contribution in [0, 0.1) is 5.92 Å². The SMILES string of the molecule is CC1=NC=CN(CC2=Cc3ccccc3C(C3CCNCC3)c3ccccc32)C1. The highest BCUT2D eigenvalue weighted by Gasteiger charge is 2.31. The van der Waals surface area contributed by atoms with E-state index >= 15 is 0 Å².